The van der Waals surface area contributed by atoms with Crippen LogP contribution in [0.3, 0.4) is 0 Å². The highest BCUT2D eigenvalue weighted by Gasteiger charge is 2.16. The molecule has 1 aromatic heterocycles. The highest BCUT2D eigenvalue weighted by molar-refractivity contribution is 8.13. The van der Waals surface area contributed by atoms with Crippen molar-refractivity contribution in [3.05, 3.63) is 34.3 Å². The van der Waals surface area contributed by atoms with Gasteiger partial charge in [-0.3, -0.25) is 4.79 Å². The minimum Gasteiger partial charge on any atom is -0.495 e. The fourth-order valence-electron chi connectivity index (χ4n) is 1.59. The summed E-state index contributed by atoms with van der Waals surface area (Å²) in [6.07, 6.45) is 0. The molecule has 1 N–H and O–H groups in total. The first-order chi connectivity index (χ1) is 9.81. The topological polar surface area (TPSA) is 85.4 Å². The molecule has 0 saturated heterocycles. The SMILES string of the molecule is COc1ccc(S(=O)(=O)Cl)cc1NC(=O)c1csc(C)n1. The van der Waals surface area contributed by atoms with Crippen LogP contribution in [-0.4, -0.2) is 26.4 Å². The zero-order valence-corrected chi connectivity index (χ0v) is 13.5. The van der Waals surface area contributed by atoms with E-state index in [0.717, 1.165) is 5.01 Å². The molecule has 6 nitrogen and oxygen atoms in total. The van der Waals surface area contributed by atoms with Crippen molar-refractivity contribution < 1.29 is 17.9 Å². The number of nitrogens with zero attached hydrogens (tertiary/aromatic N) is 1. The summed E-state index contributed by atoms with van der Waals surface area (Å²) < 4.78 is 27.8. The maximum atomic E-state index is 12.1. The van der Waals surface area contributed by atoms with Gasteiger partial charge in [0.1, 0.15) is 11.4 Å². The molecule has 1 aromatic carbocycles. The van der Waals surface area contributed by atoms with Gasteiger partial charge in [-0.2, -0.15) is 0 Å². The molecule has 0 bridgehead atoms. The zero-order chi connectivity index (χ0) is 15.6. The Balaban J connectivity index is 2.36. The van der Waals surface area contributed by atoms with Crippen molar-refractivity contribution >= 4 is 42.7 Å². The number of benzene rings is 1. The van der Waals surface area contributed by atoms with E-state index in [1.165, 1.54) is 36.6 Å². The average molecular weight is 347 g/mol. The standard InChI is InChI=1S/C12H11ClN2O4S2/c1-7-14-10(6-20-7)12(16)15-9-5-8(21(13,17)18)3-4-11(9)19-2/h3-6H,1-2H3,(H,15,16). The Morgan fingerprint density at radius 1 is 1.43 bits per heavy atom. The average Bonchev–Trinajstić information content (AvgIpc) is 2.84. The number of carbonyl (C=O) groups excluding carboxylic acids is 1. The summed E-state index contributed by atoms with van der Waals surface area (Å²) in [5, 5.41) is 4.93. The number of halogens is 1. The van der Waals surface area contributed by atoms with Crippen LogP contribution in [0.5, 0.6) is 5.75 Å². The molecule has 21 heavy (non-hydrogen) atoms. The van der Waals surface area contributed by atoms with Crippen LogP contribution >= 0.6 is 22.0 Å². The summed E-state index contributed by atoms with van der Waals surface area (Å²) in [7, 11) is 2.81. The van der Waals surface area contributed by atoms with Crippen molar-refractivity contribution in [2.24, 2.45) is 0 Å². The molecular weight excluding hydrogens is 336 g/mol. The Morgan fingerprint density at radius 3 is 2.67 bits per heavy atom. The van der Waals surface area contributed by atoms with E-state index in [9.17, 15) is 13.2 Å². The number of aromatic nitrogens is 1. The van der Waals surface area contributed by atoms with Crippen LogP contribution in [0.4, 0.5) is 5.69 Å². The third-order valence-corrected chi connectivity index (χ3v) is 4.68. The Hall–Kier alpha value is -1.64. The number of nitrogens with one attached hydrogen (secondary N) is 1. The lowest BCUT2D eigenvalue weighted by atomic mass is 10.3. The Morgan fingerprint density at radius 2 is 2.14 bits per heavy atom. The van der Waals surface area contributed by atoms with E-state index in [1.807, 2.05) is 0 Å². The number of hydrogen-bond donors (Lipinski definition) is 1. The minimum atomic E-state index is -3.89. The normalized spacial score (nSPS) is 11.2. The lowest BCUT2D eigenvalue weighted by Crippen LogP contribution is -2.13. The largest absolute Gasteiger partial charge is 0.495 e. The van der Waals surface area contributed by atoms with Crippen molar-refractivity contribution in [1.82, 2.24) is 4.98 Å². The molecule has 0 fully saturated rings. The Kier molecular flexibility index (Phi) is 4.50. The molecular formula is C12H11ClN2O4S2. The van der Waals surface area contributed by atoms with Crippen molar-refractivity contribution in [3.8, 4) is 5.75 Å². The van der Waals surface area contributed by atoms with Gasteiger partial charge >= 0.3 is 0 Å². The second-order valence-electron chi connectivity index (χ2n) is 4.01. The van der Waals surface area contributed by atoms with Crippen LogP contribution in [0.1, 0.15) is 15.5 Å². The number of ether oxygens (including phenoxy) is 1. The van der Waals surface area contributed by atoms with Gasteiger partial charge in [-0.1, -0.05) is 0 Å². The number of anilines is 1. The lowest BCUT2D eigenvalue weighted by Gasteiger charge is -2.10. The van der Waals surface area contributed by atoms with Gasteiger partial charge in [0.05, 0.1) is 22.7 Å². The van der Waals surface area contributed by atoms with Crippen LogP contribution in [0.2, 0.25) is 0 Å². The maximum absolute atomic E-state index is 12.1. The third kappa shape index (κ3) is 3.72. The number of methoxy groups -OCH3 is 1. The van der Waals surface area contributed by atoms with E-state index in [4.69, 9.17) is 15.4 Å². The van der Waals surface area contributed by atoms with Gasteiger partial charge in [0.25, 0.3) is 15.0 Å². The second-order valence-corrected chi connectivity index (χ2v) is 7.63. The fraction of sp³-hybridized carbons (Fsp3) is 0.167. The molecule has 0 radical (unpaired) electrons. The molecule has 0 saturated carbocycles. The van der Waals surface area contributed by atoms with Crippen molar-refractivity contribution in [2.45, 2.75) is 11.8 Å². The predicted octanol–water partition coefficient (Wildman–Crippen LogP) is 2.64. The Bertz CT molecular complexity index is 786. The quantitative estimate of drug-likeness (QED) is 0.860. The number of thiazole rings is 1. The summed E-state index contributed by atoms with van der Waals surface area (Å²) in [6.45, 7) is 1.78. The highest BCUT2D eigenvalue weighted by atomic mass is 35.7. The molecule has 0 unspecified atom stereocenters. The molecule has 0 spiro atoms. The molecule has 112 valence electrons. The van der Waals surface area contributed by atoms with Crippen molar-refractivity contribution in [1.29, 1.82) is 0 Å². The van der Waals surface area contributed by atoms with Gasteiger partial charge in [-0.25, -0.2) is 13.4 Å². The van der Waals surface area contributed by atoms with E-state index in [2.05, 4.69) is 10.3 Å². The molecule has 1 amide bonds. The monoisotopic (exact) mass is 346 g/mol. The minimum absolute atomic E-state index is 0.130. The van der Waals surface area contributed by atoms with Gasteiger partial charge in [0.2, 0.25) is 0 Å². The zero-order valence-electron chi connectivity index (χ0n) is 11.1. The van der Waals surface area contributed by atoms with Gasteiger partial charge in [0, 0.05) is 16.1 Å². The first-order valence-electron chi connectivity index (χ1n) is 5.67. The Labute approximate surface area is 130 Å². The number of aryl methyl sites for hydroxylation is 1. The molecule has 2 aromatic rings. The van der Waals surface area contributed by atoms with Crippen LogP contribution < -0.4 is 10.1 Å². The highest BCUT2D eigenvalue weighted by Crippen LogP contribution is 2.29. The van der Waals surface area contributed by atoms with Crippen LogP contribution in [0.25, 0.3) is 0 Å². The van der Waals surface area contributed by atoms with Crippen molar-refractivity contribution in [3.63, 3.8) is 0 Å². The molecule has 1 heterocycles. The summed E-state index contributed by atoms with van der Waals surface area (Å²) in [5.41, 5.74) is 0.452. The summed E-state index contributed by atoms with van der Waals surface area (Å²) >= 11 is 1.34. The fourth-order valence-corrected chi connectivity index (χ4v) is 2.96. The van der Waals surface area contributed by atoms with Crippen LogP contribution in [0.15, 0.2) is 28.5 Å². The van der Waals surface area contributed by atoms with E-state index in [0.29, 0.717) is 5.75 Å². The lowest BCUT2D eigenvalue weighted by molar-refractivity contribution is 0.102. The van der Waals surface area contributed by atoms with Crippen LogP contribution in [-0.2, 0) is 9.05 Å². The maximum Gasteiger partial charge on any atom is 0.275 e. The number of hydrogen-bond acceptors (Lipinski definition) is 6. The van der Waals surface area contributed by atoms with Crippen molar-refractivity contribution in [2.75, 3.05) is 12.4 Å². The van der Waals surface area contributed by atoms with E-state index < -0.39 is 15.0 Å². The van der Waals surface area contributed by atoms with Crippen LogP contribution in [0, 0.1) is 6.92 Å². The first kappa shape index (κ1) is 15.7. The number of amides is 1. The van der Waals surface area contributed by atoms with Gasteiger partial charge in [-0.05, 0) is 25.1 Å². The smallest absolute Gasteiger partial charge is 0.275 e. The second kappa shape index (κ2) is 6.00. The molecule has 0 aliphatic carbocycles. The third-order valence-electron chi connectivity index (χ3n) is 2.55. The molecule has 0 aliphatic rings. The van der Waals surface area contributed by atoms with Gasteiger partial charge < -0.3 is 10.1 Å². The number of rotatable bonds is 4. The predicted molar refractivity (Wildman–Crippen MR) is 80.8 cm³/mol. The van der Waals surface area contributed by atoms with Gasteiger partial charge in [-0.15, -0.1) is 11.3 Å². The molecule has 0 aliphatic heterocycles. The first-order valence-corrected chi connectivity index (χ1v) is 8.86. The van der Waals surface area contributed by atoms with E-state index in [1.54, 1.807) is 12.3 Å². The molecule has 9 heteroatoms. The van der Waals surface area contributed by atoms with E-state index in [-0.39, 0.29) is 16.3 Å². The summed E-state index contributed by atoms with van der Waals surface area (Å²) in [5.74, 6) is -0.138. The molecule has 2 rings (SSSR count). The summed E-state index contributed by atoms with van der Waals surface area (Å²) in [6, 6.07) is 3.94. The number of carbonyl (C=O) groups is 1. The van der Waals surface area contributed by atoms with Gasteiger partial charge in [0.15, 0.2) is 0 Å². The summed E-state index contributed by atoms with van der Waals surface area (Å²) in [4.78, 5) is 16.0. The van der Waals surface area contributed by atoms with E-state index >= 15 is 0 Å². The molecule has 0 atom stereocenters.